The van der Waals surface area contributed by atoms with Crippen molar-refractivity contribution in [1.82, 2.24) is 4.90 Å². The first-order valence-corrected chi connectivity index (χ1v) is 19.0. The number of carbonyl (C=O) groups is 3. The van der Waals surface area contributed by atoms with E-state index in [9.17, 15) is 24.6 Å². The predicted molar refractivity (Wildman–Crippen MR) is 197 cm³/mol. The molecule has 276 valence electrons. The Bertz CT molecular complexity index is 1710. The summed E-state index contributed by atoms with van der Waals surface area (Å²) in [4.78, 5) is 44.1. The highest BCUT2D eigenvalue weighted by Crippen LogP contribution is 2.66. The molecule has 4 bridgehead atoms. The average Bonchev–Trinajstić information content (AvgIpc) is 3.54. The van der Waals surface area contributed by atoms with E-state index in [0.29, 0.717) is 81.2 Å². The highest BCUT2D eigenvalue weighted by Gasteiger charge is 2.76. The van der Waals surface area contributed by atoms with Crippen molar-refractivity contribution in [3.8, 4) is 5.75 Å². The topological polar surface area (TPSA) is 113 Å². The van der Waals surface area contributed by atoms with Crippen molar-refractivity contribution >= 4 is 17.7 Å². The molecule has 0 radical (unpaired) electrons. The van der Waals surface area contributed by atoms with Gasteiger partial charge in [0.05, 0.1) is 30.8 Å². The Morgan fingerprint density at radius 1 is 1.00 bits per heavy atom. The number of aliphatic hydroxyl groups is 2. The second-order valence-electron chi connectivity index (χ2n) is 16.9. The zero-order valence-electron chi connectivity index (χ0n) is 31.6. The van der Waals surface area contributed by atoms with E-state index in [1.54, 1.807) is 36.3 Å². The van der Waals surface area contributed by atoms with Crippen LogP contribution in [-0.2, 0) is 20.7 Å². The lowest BCUT2D eigenvalue weighted by Gasteiger charge is -2.47. The van der Waals surface area contributed by atoms with E-state index >= 15 is 0 Å². The standard InChI is InChI=1S/C43H57NO7/c1-8-24-44(37(47)43-23-22-41(6,38(48)51-43)39(43,3)4)27-42(49)21-19-35-33-18-12-29(25-31(45)15-11-28(2)10-9-20-40(35,42)5)26-34(33)36(46)30-13-16-32(50-7)17-14-30/h10,12-14,16-18,26,31,35,45,49H,8-9,11,15,19-25,27H2,1-7H3/t31-,35-,40-,41-,42+,43+/m0/s1. The molecular weight excluding hydrogens is 642 g/mol. The van der Waals surface area contributed by atoms with Gasteiger partial charge in [-0.1, -0.05) is 51.5 Å². The van der Waals surface area contributed by atoms with Crippen molar-refractivity contribution < 1.29 is 34.1 Å². The van der Waals surface area contributed by atoms with Gasteiger partial charge < -0.3 is 24.6 Å². The summed E-state index contributed by atoms with van der Waals surface area (Å²) < 4.78 is 11.4. The summed E-state index contributed by atoms with van der Waals surface area (Å²) in [6.45, 7) is 12.7. The molecule has 8 heteroatoms. The molecule has 0 spiro atoms. The van der Waals surface area contributed by atoms with Crippen molar-refractivity contribution in [1.29, 1.82) is 0 Å². The van der Waals surface area contributed by atoms with Crippen molar-refractivity contribution in [2.75, 3.05) is 20.2 Å². The van der Waals surface area contributed by atoms with Gasteiger partial charge in [-0.3, -0.25) is 14.4 Å². The number of carbonyl (C=O) groups excluding carboxylic acids is 3. The summed E-state index contributed by atoms with van der Waals surface area (Å²) in [6.07, 6.45) is 7.72. The fourth-order valence-electron chi connectivity index (χ4n) is 9.91. The van der Waals surface area contributed by atoms with Crippen LogP contribution in [0.25, 0.3) is 0 Å². The largest absolute Gasteiger partial charge is 0.497 e. The summed E-state index contributed by atoms with van der Waals surface area (Å²) in [5.74, 6) is -0.144. The van der Waals surface area contributed by atoms with Crippen LogP contribution in [0.2, 0.25) is 0 Å². The number of ether oxygens (including phenoxy) is 2. The first kappa shape index (κ1) is 37.3. The van der Waals surface area contributed by atoms with Gasteiger partial charge in [0.25, 0.3) is 5.91 Å². The molecule has 1 saturated heterocycles. The molecule has 51 heavy (non-hydrogen) atoms. The molecule has 5 aliphatic rings. The van der Waals surface area contributed by atoms with E-state index in [4.69, 9.17) is 9.47 Å². The molecule has 1 amide bonds. The smallest absolute Gasteiger partial charge is 0.313 e. The molecule has 0 aromatic heterocycles. The van der Waals surface area contributed by atoms with E-state index in [1.807, 2.05) is 45.9 Å². The maximum absolute atomic E-state index is 14.8. The van der Waals surface area contributed by atoms with Crippen LogP contribution in [0, 0.1) is 16.2 Å². The SMILES string of the molecule is CCCN(C[C@]1(O)CC[C@H]2c3ccc(cc3C(=O)c3ccc(OC)cc3)C[C@@H](O)CCC(C)=CCC[C@@]21C)C(=O)[C@@]12CC[C@@](C)(C(=O)O1)C2(C)C. The second kappa shape index (κ2) is 13.5. The number of hydrogen-bond donors (Lipinski definition) is 2. The summed E-state index contributed by atoms with van der Waals surface area (Å²) in [7, 11) is 1.60. The molecule has 8 nitrogen and oxygen atoms in total. The van der Waals surface area contributed by atoms with Gasteiger partial charge in [-0.25, -0.2) is 0 Å². The maximum Gasteiger partial charge on any atom is 0.313 e. The van der Waals surface area contributed by atoms with Crippen molar-refractivity contribution in [2.24, 2.45) is 16.2 Å². The summed E-state index contributed by atoms with van der Waals surface area (Å²) in [5, 5.41) is 24.0. The van der Waals surface area contributed by atoms with Gasteiger partial charge in [0, 0.05) is 28.5 Å². The third-order valence-corrected chi connectivity index (χ3v) is 13.9. The number of ketones is 1. The molecule has 6 atom stereocenters. The van der Waals surface area contributed by atoms with Gasteiger partial charge >= 0.3 is 5.97 Å². The van der Waals surface area contributed by atoms with E-state index in [-0.39, 0.29) is 30.1 Å². The first-order valence-electron chi connectivity index (χ1n) is 19.0. The Labute approximate surface area is 303 Å². The van der Waals surface area contributed by atoms with Crippen molar-refractivity contribution in [3.05, 3.63) is 76.4 Å². The predicted octanol–water partition coefficient (Wildman–Crippen LogP) is 7.33. The van der Waals surface area contributed by atoms with E-state index in [2.05, 4.69) is 19.9 Å². The van der Waals surface area contributed by atoms with Crippen molar-refractivity contribution in [2.45, 2.75) is 129 Å². The number of rotatable bonds is 8. The van der Waals surface area contributed by atoms with Crippen LogP contribution >= 0.6 is 0 Å². The van der Waals surface area contributed by atoms with Crippen LogP contribution in [0.3, 0.4) is 0 Å². The van der Waals surface area contributed by atoms with E-state index in [0.717, 1.165) is 17.5 Å². The number of fused-ring (bicyclic) bond motifs is 10. The minimum absolute atomic E-state index is 0.110. The lowest BCUT2D eigenvalue weighted by Crippen LogP contribution is -2.60. The Balaban J connectivity index is 1.42. The van der Waals surface area contributed by atoms with Gasteiger partial charge in [-0.2, -0.15) is 0 Å². The highest BCUT2D eigenvalue weighted by atomic mass is 16.6. The molecule has 1 aliphatic heterocycles. The third-order valence-electron chi connectivity index (χ3n) is 13.9. The molecule has 0 unspecified atom stereocenters. The fourth-order valence-corrected chi connectivity index (χ4v) is 9.91. The number of benzene rings is 2. The molecule has 1 heterocycles. The molecule has 4 aliphatic carbocycles. The van der Waals surface area contributed by atoms with Crippen LogP contribution in [0.1, 0.15) is 132 Å². The zero-order valence-corrected chi connectivity index (χ0v) is 31.6. The van der Waals surface area contributed by atoms with E-state index < -0.39 is 33.6 Å². The van der Waals surface area contributed by atoms with Crippen LogP contribution < -0.4 is 4.74 Å². The van der Waals surface area contributed by atoms with Crippen LogP contribution in [0.5, 0.6) is 5.75 Å². The van der Waals surface area contributed by atoms with Gasteiger partial charge in [0.2, 0.25) is 0 Å². The molecule has 2 N–H and O–H groups in total. The Kier molecular flexibility index (Phi) is 9.86. The Hall–Kier alpha value is -3.49. The lowest BCUT2D eigenvalue weighted by molar-refractivity contribution is -0.177. The minimum Gasteiger partial charge on any atom is -0.497 e. The molecular formula is C43H57NO7. The number of methoxy groups -OCH3 is 1. The van der Waals surface area contributed by atoms with Gasteiger partial charge in [-0.05, 0) is 125 Å². The highest BCUT2D eigenvalue weighted by molar-refractivity contribution is 6.10. The van der Waals surface area contributed by atoms with E-state index in [1.165, 1.54) is 5.57 Å². The maximum atomic E-state index is 14.8. The van der Waals surface area contributed by atoms with Gasteiger partial charge in [-0.15, -0.1) is 0 Å². The first-order chi connectivity index (χ1) is 24.1. The number of esters is 1. The van der Waals surface area contributed by atoms with Gasteiger partial charge in [0.15, 0.2) is 11.4 Å². The molecule has 2 saturated carbocycles. The molecule has 3 fully saturated rings. The number of aliphatic hydroxyl groups excluding tert-OH is 1. The summed E-state index contributed by atoms with van der Waals surface area (Å²) >= 11 is 0. The van der Waals surface area contributed by atoms with Crippen LogP contribution in [-0.4, -0.2) is 70.3 Å². The quantitative estimate of drug-likeness (QED) is 0.169. The fraction of sp³-hybridized carbons (Fsp3) is 0.605. The lowest BCUT2D eigenvalue weighted by atomic mass is 9.64. The summed E-state index contributed by atoms with van der Waals surface area (Å²) in [5.41, 5.74) is -0.557. The number of hydrogen-bond acceptors (Lipinski definition) is 7. The normalized spacial score (nSPS) is 32.9. The number of amides is 1. The average molecular weight is 700 g/mol. The molecule has 7 rings (SSSR count). The third kappa shape index (κ3) is 5.94. The van der Waals surface area contributed by atoms with Crippen molar-refractivity contribution in [3.63, 3.8) is 0 Å². The monoisotopic (exact) mass is 699 g/mol. The van der Waals surface area contributed by atoms with Crippen LogP contribution in [0.15, 0.2) is 54.1 Å². The second-order valence-corrected chi connectivity index (χ2v) is 16.9. The zero-order chi connectivity index (χ0) is 37.0. The minimum atomic E-state index is -1.28. The molecule has 2 aromatic rings. The Morgan fingerprint density at radius 3 is 2.35 bits per heavy atom. The van der Waals surface area contributed by atoms with Gasteiger partial charge in [0.1, 0.15) is 5.75 Å². The summed E-state index contributed by atoms with van der Waals surface area (Å²) in [6, 6.07) is 13.1. The number of nitrogens with zero attached hydrogens (tertiary/aromatic N) is 1. The Morgan fingerprint density at radius 2 is 1.73 bits per heavy atom. The van der Waals surface area contributed by atoms with Crippen LogP contribution in [0.4, 0.5) is 0 Å². The number of allylic oxidation sites excluding steroid dienone is 2. The molecule has 2 aromatic carbocycles.